The Morgan fingerprint density at radius 2 is 1.96 bits per heavy atom. The van der Waals surface area contributed by atoms with Gasteiger partial charge in [0, 0.05) is 42.4 Å². The second-order valence-electron chi connectivity index (χ2n) is 5.87. The Labute approximate surface area is 146 Å². The molecule has 0 aromatic heterocycles. The van der Waals surface area contributed by atoms with Crippen LogP contribution in [0.2, 0.25) is 0 Å². The fraction of sp³-hybridized carbons (Fsp3) is 0.316. The molecule has 2 aromatic rings. The first-order valence-electron chi connectivity index (χ1n) is 8.10. The first kappa shape index (κ1) is 16.8. The van der Waals surface area contributed by atoms with Gasteiger partial charge in [-0.1, -0.05) is 18.2 Å². The summed E-state index contributed by atoms with van der Waals surface area (Å²) >= 11 is 1.89. The van der Waals surface area contributed by atoms with Gasteiger partial charge in [-0.2, -0.15) is 11.8 Å². The molecule has 1 fully saturated rings. The molecule has 24 heavy (non-hydrogen) atoms. The van der Waals surface area contributed by atoms with Gasteiger partial charge in [0.25, 0.3) is 5.91 Å². The van der Waals surface area contributed by atoms with Crippen molar-refractivity contribution in [3.05, 3.63) is 65.0 Å². The smallest absolute Gasteiger partial charge is 0.254 e. The van der Waals surface area contributed by atoms with E-state index in [0.717, 1.165) is 47.0 Å². The molecule has 0 spiro atoms. The molecule has 1 aliphatic rings. The van der Waals surface area contributed by atoms with Crippen LogP contribution >= 0.6 is 11.8 Å². The van der Waals surface area contributed by atoms with Gasteiger partial charge in [-0.3, -0.25) is 4.79 Å². The van der Waals surface area contributed by atoms with E-state index in [1.54, 1.807) is 6.07 Å². The quantitative estimate of drug-likeness (QED) is 0.912. The molecule has 0 saturated carbocycles. The molecule has 5 heteroatoms. The monoisotopic (exact) mass is 344 g/mol. The number of hydrogen-bond donors (Lipinski definition) is 1. The molecule has 3 nitrogen and oxygen atoms in total. The molecule has 126 valence electrons. The zero-order chi connectivity index (χ0) is 16.9. The van der Waals surface area contributed by atoms with Crippen molar-refractivity contribution in [2.45, 2.75) is 13.5 Å². The Bertz CT molecular complexity index is 729. The van der Waals surface area contributed by atoms with Crippen molar-refractivity contribution in [2.75, 3.05) is 29.9 Å². The number of halogens is 1. The number of nitrogens with zero attached hydrogens (tertiary/aromatic N) is 1. The minimum atomic E-state index is -0.238. The third-order valence-corrected chi connectivity index (χ3v) is 5.18. The zero-order valence-corrected chi connectivity index (χ0v) is 14.5. The zero-order valence-electron chi connectivity index (χ0n) is 13.7. The molecule has 1 saturated heterocycles. The van der Waals surface area contributed by atoms with E-state index >= 15 is 0 Å². The number of rotatable bonds is 4. The van der Waals surface area contributed by atoms with Crippen LogP contribution in [0.4, 0.5) is 10.1 Å². The minimum Gasteiger partial charge on any atom is -0.381 e. The predicted octanol–water partition coefficient (Wildman–Crippen LogP) is 3.94. The van der Waals surface area contributed by atoms with Gasteiger partial charge in [0.05, 0.1) is 0 Å². The van der Waals surface area contributed by atoms with Crippen LogP contribution in [0.3, 0.4) is 0 Å². The van der Waals surface area contributed by atoms with Crippen molar-refractivity contribution in [3.8, 4) is 0 Å². The molecule has 0 radical (unpaired) electrons. The molecule has 1 aliphatic heterocycles. The van der Waals surface area contributed by atoms with E-state index in [-0.39, 0.29) is 11.7 Å². The maximum Gasteiger partial charge on any atom is 0.254 e. The van der Waals surface area contributed by atoms with Crippen LogP contribution in [0.1, 0.15) is 21.5 Å². The lowest BCUT2D eigenvalue weighted by atomic mass is 10.0. The summed E-state index contributed by atoms with van der Waals surface area (Å²) in [6.07, 6.45) is 0. The number of hydrogen-bond acceptors (Lipinski definition) is 3. The molecular weight excluding hydrogens is 323 g/mol. The van der Waals surface area contributed by atoms with Crippen LogP contribution in [0, 0.1) is 12.7 Å². The highest BCUT2D eigenvalue weighted by atomic mass is 32.2. The highest BCUT2D eigenvalue weighted by molar-refractivity contribution is 7.99. The summed E-state index contributed by atoms with van der Waals surface area (Å²) in [4.78, 5) is 14.7. The average molecular weight is 344 g/mol. The van der Waals surface area contributed by atoms with Gasteiger partial charge < -0.3 is 10.2 Å². The number of nitrogens with one attached hydrogen (secondary N) is 1. The molecule has 1 amide bonds. The van der Waals surface area contributed by atoms with E-state index in [4.69, 9.17) is 0 Å². The Morgan fingerprint density at radius 3 is 2.71 bits per heavy atom. The van der Waals surface area contributed by atoms with Crippen molar-refractivity contribution in [2.24, 2.45) is 0 Å². The minimum absolute atomic E-state index is 0.0993. The van der Waals surface area contributed by atoms with Crippen molar-refractivity contribution in [1.29, 1.82) is 0 Å². The van der Waals surface area contributed by atoms with E-state index in [0.29, 0.717) is 6.54 Å². The Morgan fingerprint density at radius 1 is 1.21 bits per heavy atom. The SMILES string of the molecule is Cc1c(NCc2cccc(F)c2)cccc1C(=O)N1CCSCC1. The molecule has 2 aromatic carbocycles. The summed E-state index contributed by atoms with van der Waals surface area (Å²) in [5, 5.41) is 3.31. The fourth-order valence-electron chi connectivity index (χ4n) is 2.84. The molecule has 0 aliphatic carbocycles. The predicted molar refractivity (Wildman–Crippen MR) is 98.1 cm³/mol. The van der Waals surface area contributed by atoms with E-state index in [9.17, 15) is 9.18 Å². The number of benzene rings is 2. The lowest BCUT2D eigenvalue weighted by molar-refractivity contribution is 0.0771. The fourth-order valence-corrected chi connectivity index (χ4v) is 3.74. The first-order valence-corrected chi connectivity index (χ1v) is 9.25. The standard InChI is InChI=1S/C19H21FN2OS/c1-14-17(19(23)22-8-10-24-11-9-22)6-3-7-18(14)21-13-15-4-2-5-16(20)12-15/h2-7,12,21H,8-11,13H2,1H3. The lowest BCUT2D eigenvalue weighted by Gasteiger charge is -2.27. The molecule has 1 N–H and O–H groups in total. The molecule has 0 bridgehead atoms. The topological polar surface area (TPSA) is 32.3 Å². The maximum absolute atomic E-state index is 13.3. The second-order valence-corrected chi connectivity index (χ2v) is 7.09. The van der Waals surface area contributed by atoms with Crippen LogP contribution < -0.4 is 5.32 Å². The van der Waals surface area contributed by atoms with E-state index in [2.05, 4.69) is 5.32 Å². The van der Waals surface area contributed by atoms with Crippen LogP contribution in [-0.4, -0.2) is 35.4 Å². The number of carbonyl (C=O) groups is 1. The molecular formula is C19H21FN2OS. The third kappa shape index (κ3) is 3.90. The summed E-state index contributed by atoms with van der Waals surface area (Å²) in [6, 6.07) is 12.3. The first-order chi connectivity index (χ1) is 11.6. The van der Waals surface area contributed by atoms with Gasteiger partial charge >= 0.3 is 0 Å². The number of thioether (sulfide) groups is 1. The lowest BCUT2D eigenvalue weighted by Crippen LogP contribution is -2.38. The van der Waals surface area contributed by atoms with E-state index in [1.807, 2.05) is 47.9 Å². The van der Waals surface area contributed by atoms with Gasteiger partial charge in [0.15, 0.2) is 0 Å². The summed E-state index contributed by atoms with van der Waals surface area (Å²) in [7, 11) is 0. The Kier molecular flexibility index (Phi) is 5.41. The summed E-state index contributed by atoms with van der Waals surface area (Å²) in [6.45, 7) is 4.10. The van der Waals surface area contributed by atoms with Gasteiger partial charge in [-0.25, -0.2) is 4.39 Å². The van der Waals surface area contributed by atoms with Gasteiger partial charge in [0.1, 0.15) is 5.82 Å². The van der Waals surface area contributed by atoms with Crippen molar-refractivity contribution < 1.29 is 9.18 Å². The van der Waals surface area contributed by atoms with Crippen molar-refractivity contribution in [3.63, 3.8) is 0 Å². The highest BCUT2D eigenvalue weighted by Gasteiger charge is 2.20. The molecule has 1 heterocycles. The molecule has 0 unspecified atom stereocenters. The Balaban J connectivity index is 1.74. The second kappa shape index (κ2) is 7.71. The average Bonchev–Trinajstić information content (AvgIpc) is 2.61. The van der Waals surface area contributed by atoms with Crippen LogP contribution in [-0.2, 0) is 6.54 Å². The third-order valence-electron chi connectivity index (χ3n) is 4.23. The van der Waals surface area contributed by atoms with Crippen LogP contribution in [0.15, 0.2) is 42.5 Å². The summed E-state index contributed by atoms with van der Waals surface area (Å²) < 4.78 is 13.3. The van der Waals surface area contributed by atoms with Crippen molar-refractivity contribution >= 4 is 23.4 Å². The van der Waals surface area contributed by atoms with E-state index < -0.39 is 0 Å². The van der Waals surface area contributed by atoms with E-state index in [1.165, 1.54) is 12.1 Å². The summed E-state index contributed by atoms with van der Waals surface area (Å²) in [5.74, 6) is 1.87. The maximum atomic E-state index is 13.3. The molecule has 3 rings (SSSR count). The number of amides is 1. The van der Waals surface area contributed by atoms with Crippen LogP contribution in [0.5, 0.6) is 0 Å². The van der Waals surface area contributed by atoms with Gasteiger partial charge in [0.2, 0.25) is 0 Å². The number of carbonyl (C=O) groups excluding carboxylic acids is 1. The largest absolute Gasteiger partial charge is 0.381 e. The summed E-state index contributed by atoms with van der Waals surface area (Å²) in [5.41, 5.74) is 3.47. The Hall–Kier alpha value is -2.01. The van der Waals surface area contributed by atoms with Gasteiger partial charge in [-0.15, -0.1) is 0 Å². The highest BCUT2D eigenvalue weighted by Crippen LogP contribution is 2.22. The number of anilines is 1. The van der Waals surface area contributed by atoms with Gasteiger partial charge in [-0.05, 0) is 42.3 Å². The van der Waals surface area contributed by atoms with Crippen molar-refractivity contribution in [1.82, 2.24) is 4.90 Å². The normalized spacial score (nSPS) is 14.5. The van der Waals surface area contributed by atoms with Crippen LogP contribution in [0.25, 0.3) is 0 Å². The molecule has 0 atom stereocenters.